The minimum Gasteiger partial charge on any atom is -0.365 e. The van der Waals surface area contributed by atoms with E-state index in [2.05, 4.69) is 20.3 Å². The van der Waals surface area contributed by atoms with E-state index in [1.165, 1.54) is 0 Å². The van der Waals surface area contributed by atoms with Crippen LogP contribution in [0.4, 0.5) is 5.82 Å². The predicted molar refractivity (Wildman–Crippen MR) is 121 cm³/mol. The van der Waals surface area contributed by atoms with Gasteiger partial charge in [-0.15, -0.1) is 0 Å². The Labute approximate surface area is 186 Å². The van der Waals surface area contributed by atoms with Crippen LogP contribution in [0.1, 0.15) is 35.2 Å². The standard InChI is InChI=1S/C24H24ClN5O/c1-15-3-6-18(19(11-15)23-26-9-2-10-27-23)24(31)30-14-16-4-7-21(30)20(12-16)29-22-8-5-17(25)13-28-22/h2-3,5-6,8-11,13,16,20-21H,4,7,12,14H2,1H3,(H,28,29). The number of pyridine rings is 1. The van der Waals surface area contributed by atoms with Crippen LogP contribution in [0.2, 0.25) is 5.02 Å². The van der Waals surface area contributed by atoms with Crippen LogP contribution in [0.25, 0.3) is 11.4 Å². The molecule has 2 bridgehead atoms. The zero-order valence-corrected chi connectivity index (χ0v) is 18.1. The van der Waals surface area contributed by atoms with Crippen molar-refractivity contribution < 1.29 is 4.79 Å². The second kappa shape index (κ2) is 8.27. The van der Waals surface area contributed by atoms with E-state index in [4.69, 9.17) is 11.6 Å². The maximum atomic E-state index is 13.7. The van der Waals surface area contributed by atoms with Crippen LogP contribution in [-0.2, 0) is 0 Å². The highest BCUT2D eigenvalue weighted by Gasteiger charge is 2.43. The summed E-state index contributed by atoms with van der Waals surface area (Å²) in [5.74, 6) is 1.91. The van der Waals surface area contributed by atoms with Gasteiger partial charge in [-0.05, 0) is 62.4 Å². The molecule has 1 aliphatic carbocycles. The fourth-order valence-corrected chi connectivity index (χ4v) is 4.97. The van der Waals surface area contributed by atoms with Crippen LogP contribution in [0.5, 0.6) is 0 Å². The Morgan fingerprint density at radius 2 is 1.97 bits per heavy atom. The number of nitrogens with one attached hydrogen (secondary N) is 1. The molecule has 3 aliphatic rings. The Hall–Kier alpha value is -2.99. The lowest BCUT2D eigenvalue weighted by Gasteiger charge is -2.50. The molecule has 1 aromatic carbocycles. The summed E-state index contributed by atoms with van der Waals surface area (Å²) in [6.07, 6.45) is 8.25. The molecule has 3 aromatic rings. The third-order valence-corrected chi connectivity index (χ3v) is 6.53. The van der Waals surface area contributed by atoms with E-state index < -0.39 is 0 Å². The zero-order chi connectivity index (χ0) is 21.4. The average Bonchev–Trinajstić information content (AvgIpc) is 2.81. The summed E-state index contributed by atoms with van der Waals surface area (Å²) in [7, 11) is 0. The Balaban J connectivity index is 1.44. The van der Waals surface area contributed by atoms with Crippen LogP contribution in [0.3, 0.4) is 0 Å². The molecular weight excluding hydrogens is 410 g/mol. The summed E-state index contributed by atoms with van der Waals surface area (Å²) in [6, 6.07) is 11.7. The van der Waals surface area contributed by atoms with Crippen molar-refractivity contribution in [2.75, 3.05) is 11.9 Å². The largest absolute Gasteiger partial charge is 0.365 e. The number of amides is 1. The van der Waals surface area contributed by atoms with E-state index in [1.807, 2.05) is 42.2 Å². The Kier molecular flexibility index (Phi) is 5.32. The highest BCUT2D eigenvalue weighted by molar-refractivity contribution is 6.30. The molecule has 31 heavy (non-hydrogen) atoms. The summed E-state index contributed by atoms with van der Waals surface area (Å²) >= 11 is 5.97. The van der Waals surface area contributed by atoms with Gasteiger partial charge in [-0.3, -0.25) is 4.79 Å². The van der Waals surface area contributed by atoms with E-state index >= 15 is 0 Å². The first-order chi connectivity index (χ1) is 15.1. The van der Waals surface area contributed by atoms with Gasteiger partial charge >= 0.3 is 0 Å². The summed E-state index contributed by atoms with van der Waals surface area (Å²) < 4.78 is 0. The number of anilines is 1. The number of nitrogens with zero attached hydrogens (tertiary/aromatic N) is 4. The van der Waals surface area contributed by atoms with Crippen molar-refractivity contribution in [2.45, 2.75) is 38.3 Å². The number of aromatic nitrogens is 3. The second-order valence-electron chi connectivity index (χ2n) is 8.44. The fourth-order valence-electron chi connectivity index (χ4n) is 4.86. The Morgan fingerprint density at radius 3 is 2.71 bits per heavy atom. The van der Waals surface area contributed by atoms with Gasteiger partial charge in [0.05, 0.1) is 16.6 Å². The number of halogens is 1. The molecule has 2 aromatic heterocycles. The van der Waals surface area contributed by atoms with Crippen molar-refractivity contribution in [2.24, 2.45) is 5.92 Å². The number of hydrogen-bond donors (Lipinski definition) is 1. The summed E-state index contributed by atoms with van der Waals surface area (Å²) in [5.41, 5.74) is 2.52. The van der Waals surface area contributed by atoms with Crippen molar-refractivity contribution in [3.8, 4) is 11.4 Å². The molecule has 3 fully saturated rings. The van der Waals surface area contributed by atoms with Crippen LogP contribution >= 0.6 is 11.6 Å². The number of benzene rings is 1. The minimum absolute atomic E-state index is 0.0488. The number of fused-ring (bicyclic) bond motifs is 3. The van der Waals surface area contributed by atoms with Gasteiger partial charge < -0.3 is 10.2 Å². The molecule has 0 spiro atoms. The van der Waals surface area contributed by atoms with Gasteiger partial charge in [0.25, 0.3) is 5.91 Å². The molecule has 6 nitrogen and oxygen atoms in total. The minimum atomic E-state index is 0.0488. The fraction of sp³-hybridized carbons (Fsp3) is 0.333. The maximum absolute atomic E-state index is 13.7. The van der Waals surface area contributed by atoms with Crippen molar-refractivity contribution in [3.63, 3.8) is 0 Å². The van der Waals surface area contributed by atoms with Crippen molar-refractivity contribution >= 4 is 23.3 Å². The molecule has 3 unspecified atom stereocenters. The van der Waals surface area contributed by atoms with Crippen molar-refractivity contribution in [3.05, 3.63) is 71.1 Å². The first-order valence-electron chi connectivity index (χ1n) is 10.7. The lowest BCUT2D eigenvalue weighted by Crippen LogP contribution is -2.59. The third-order valence-electron chi connectivity index (χ3n) is 6.31. The zero-order valence-electron chi connectivity index (χ0n) is 17.3. The summed E-state index contributed by atoms with van der Waals surface area (Å²) in [6.45, 7) is 2.81. The lowest BCUT2D eigenvalue weighted by atomic mass is 9.76. The molecule has 7 heteroatoms. The molecule has 3 atom stereocenters. The van der Waals surface area contributed by atoms with Gasteiger partial charge in [0.1, 0.15) is 5.82 Å². The van der Waals surface area contributed by atoms with Gasteiger partial charge in [-0.1, -0.05) is 23.2 Å². The normalized spacial score (nSPS) is 22.4. The molecule has 2 saturated heterocycles. The van der Waals surface area contributed by atoms with Crippen molar-refractivity contribution in [1.29, 1.82) is 0 Å². The van der Waals surface area contributed by atoms with E-state index in [-0.39, 0.29) is 18.0 Å². The highest BCUT2D eigenvalue weighted by atomic mass is 35.5. The van der Waals surface area contributed by atoms with Gasteiger partial charge in [-0.25, -0.2) is 15.0 Å². The third kappa shape index (κ3) is 4.00. The van der Waals surface area contributed by atoms with Crippen LogP contribution < -0.4 is 5.32 Å². The first kappa shape index (κ1) is 19.9. The molecular formula is C24H24ClN5O. The van der Waals surface area contributed by atoms with Crippen LogP contribution in [-0.4, -0.2) is 44.4 Å². The van der Waals surface area contributed by atoms with Crippen LogP contribution in [0, 0.1) is 12.8 Å². The Morgan fingerprint density at radius 1 is 1.13 bits per heavy atom. The predicted octanol–water partition coefficient (Wildman–Crippen LogP) is 4.61. The molecule has 1 saturated carbocycles. The van der Waals surface area contributed by atoms with Crippen molar-refractivity contribution in [1.82, 2.24) is 19.9 Å². The number of carbonyl (C=O) groups excluding carboxylic acids is 1. The van der Waals surface area contributed by atoms with Gasteiger partial charge in [0.15, 0.2) is 5.82 Å². The van der Waals surface area contributed by atoms with E-state index in [0.717, 1.165) is 42.8 Å². The quantitative estimate of drug-likeness (QED) is 0.650. The number of rotatable bonds is 4. The van der Waals surface area contributed by atoms with Gasteiger partial charge in [0.2, 0.25) is 0 Å². The van der Waals surface area contributed by atoms with Gasteiger partial charge in [-0.2, -0.15) is 0 Å². The van der Waals surface area contributed by atoms with E-state index in [1.54, 1.807) is 24.7 Å². The topological polar surface area (TPSA) is 71.0 Å². The SMILES string of the molecule is Cc1ccc(C(=O)N2CC3CCC2C(Nc2ccc(Cl)cn2)C3)c(-c2ncccn2)c1. The molecule has 0 radical (unpaired) electrons. The highest BCUT2D eigenvalue weighted by Crippen LogP contribution is 2.38. The number of aryl methyl sites for hydroxylation is 1. The molecule has 158 valence electrons. The smallest absolute Gasteiger partial charge is 0.254 e. The Bertz CT molecular complexity index is 1090. The summed E-state index contributed by atoms with van der Waals surface area (Å²) in [4.78, 5) is 29.0. The second-order valence-corrected chi connectivity index (χ2v) is 8.87. The molecule has 2 aliphatic heterocycles. The number of hydrogen-bond acceptors (Lipinski definition) is 5. The summed E-state index contributed by atoms with van der Waals surface area (Å²) in [5, 5.41) is 4.16. The average molecular weight is 434 g/mol. The van der Waals surface area contributed by atoms with E-state index in [0.29, 0.717) is 22.3 Å². The first-order valence-corrected chi connectivity index (χ1v) is 11.0. The monoisotopic (exact) mass is 433 g/mol. The lowest BCUT2D eigenvalue weighted by molar-refractivity contribution is 0.0282. The number of piperidine rings is 2. The molecule has 6 rings (SSSR count). The van der Waals surface area contributed by atoms with Gasteiger partial charge in [0, 0.05) is 36.7 Å². The molecule has 1 amide bonds. The van der Waals surface area contributed by atoms with Crippen LogP contribution in [0.15, 0.2) is 55.0 Å². The van der Waals surface area contributed by atoms with E-state index in [9.17, 15) is 4.79 Å². The number of carbonyl (C=O) groups is 1. The maximum Gasteiger partial charge on any atom is 0.254 e. The molecule has 4 heterocycles. The molecule has 1 N–H and O–H groups in total.